The molecular formula is C15H21N3O2S. The molecule has 2 aromatic heterocycles. The van der Waals surface area contributed by atoms with Crippen LogP contribution in [0.15, 0.2) is 22.6 Å². The zero-order valence-electron chi connectivity index (χ0n) is 12.2. The van der Waals surface area contributed by atoms with Crippen molar-refractivity contribution in [3.05, 3.63) is 28.1 Å². The summed E-state index contributed by atoms with van der Waals surface area (Å²) in [6.45, 7) is 2.32. The van der Waals surface area contributed by atoms with Gasteiger partial charge in [-0.15, -0.1) is 11.3 Å². The van der Waals surface area contributed by atoms with Gasteiger partial charge in [0.1, 0.15) is 4.70 Å². The molecule has 0 spiro atoms. The summed E-state index contributed by atoms with van der Waals surface area (Å²) in [7, 11) is 2.05. The highest BCUT2D eigenvalue weighted by atomic mass is 32.1. The summed E-state index contributed by atoms with van der Waals surface area (Å²) in [6, 6.07) is 1.87. The number of aromatic nitrogens is 2. The molecule has 21 heavy (non-hydrogen) atoms. The predicted octanol–water partition coefficient (Wildman–Crippen LogP) is 1.55. The summed E-state index contributed by atoms with van der Waals surface area (Å²) in [5.74, 6) is 0.379. The maximum Gasteiger partial charge on any atom is 0.271 e. The zero-order chi connectivity index (χ0) is 14.8. The molecule has 1 N–H and O–H groups in total. The van der Waals surface area contributed by atoms with Gasteiger partial charge in [-0.2, -0.15) is 0 Å². The van der Waals surface area contributed by atoms with Crippen LogP contribution >= 0.6 is 11.3 Å². The molecule has 0 aliphatic heterocycles. The van der Waals surface area contributed by atoms with E-state index < -0.39 is 0 Å². The smallest absolute Gasteiger partial charge is 0.271 e. The van der Waals surface area contributed by atoms with Gasteiger partial charge in [-0.25, -0.2) is 4.98 Å². The Hall–Kier alpha value is -1.24. The topological polar surface area (TPSA) is 58.4 Å². The number of hydrogen-bond donors (Lipinski definition) is 1. The van der Waals surface area contributed by atoms with E-state index >= 15 is 0 Å². The van der Waals surface area contributed by atoms with E-state index in [9.17, 15) is 9.90 Å². The van der Waals surface area contributed by atoms with Crippen LogP contribution in [0, 0.1) is 5.92 Å². The van der Waals surface area contributed by atoms with Crippen LogP contribution in [0.5, 0.6) is 0 Å². The van der Waals surface area contributed by atoms with Gasteiger partial charge in [-0.3, -0.25) is 9.36 Å². The van der Waals surface area contributed by atoms with E-state index in [1.165, 1.54) is 11.3 Å². The highest BCUT2D eigenvalue weighted by Gasteiger charge is 2.25. The van der Waals surface area contributed by atoms with E-state index in [0.29, 0.717) is 12.5 Å². The molecule has 3 rings (SSSR count). The van der Waals surface area contributed by atoms with Crippen molar-refractivity contribution in [3.8, 4) is 0 Å². The van der Waals surface area contributed by atoms with E-state index in [0.717, 1.165) is 42.6 Å². The van der Waals surface area contributed by atoms with Crippen molar-refractivity contribution < 1.29 is 5.11 Å². The molecule has 0 saturated heterocycles. The van der Waals surface area contributed by atoms with Crippen molar-refractivity contribution in [3.63, 3.8) is 0 Å². The third kappa shape index (κ3) is 3.17. The van der Waals surface area contributed by atoms with Gasteiger partial charge >= 0.3 is 0 Å². The molecule has 1 aliphatic carbocycles. The van der Waals surface area contributed by atoms with Crippen molar-refractivity contribution in [1.29, 1.82) is 0 Å². The zero-order valence-corrected chi connectivity index (χ0v) is 13.1. The number of aliphatic hydroxyl groups excluding tert-OH is 1. The molecule has 2 heterocycles. The van der Waals surface area contributed by atoms with Crippen molar-refractivity contribution >= 4 is 21.6 Å². The van der Waals surface area contributed by atoms with Crippen LogP contribution in [0.4, 0.5) is 0 Å². The Labute approximate surface area is 127 Å². The van der Waals surface area contributed by atoms with E-state index in [2.05, 4.69) is 9.88 Å². The van der Waals surface area contributed by atoms with E-state index in [1.807, 2.05) is 18.5 Å². The fourth-order valence-electron chi connectivity index (χ4n) is 3.04. The van der Waals surface area contributed by atoms with Crippen LogP contribution in [0.25, 0.3) is 10.2 Å². The third-order valence-electron chi connectivity index (χ3n) is 4.32. The van der Waals surface area contributed by atoms with Gasteiger partial charge in [-0.1, -0.05) is 6.42 Å². The fraction of sp³-hybridized carbons (Fsp3) is 0.600. The quantitative estimate of drug-likeness (QED) is 0.910. The monoisotopic (exact) mass is 307 g/mol. The lowest BCUT2D eigenvalue weighted by Gasteiger charge is -2.23. The number of hydrogen-bond acceptors (Lipinski definition) is 5. The average molecular weight is 307 g/mol. The Morgan fingerprint density at radius 2 is 2.38 bits per heavy atom. The first-order valence-electron chi connectivity index (χ1n) is 7.44. The Bertz CT molecular complexity index is 666. The predicted molar refractivity (Wildman–Crippen MR) is 84.7 cm³/mol. The van der Waals surface area contributed by atoms with Crippen LogP contribution in [0.1, 0.15) is 19.3 Å². The van der Waals surface area contributed by atoms with Crippen LogP contribution in [0.3, 0.4) is 0 Å². The van der Waals surface area contributed by atoms with E-state index in [4.69, 9.17) is 0 Å². The molecule has 2 unspecified atom stereocenters. The summed E-state index contributed by atoms with van der Waals surface area (Å²) in [5, 5.41) is 11.8. The molecule has 1 fully saturated rings. The summed E-state index contributed by atoms with van der Waals surface area (Å²) < 4.78 is 2.41. The van der Waals surface area contributed by atoms with Crippen LogP contribution in [-0.2, 0) is 6.54 Å². The van der Waals surface area contributed by atoms with E-state index in [1.54, 1.807) is 10.9 Å². The number of thiophene rings is 1. The molecule has 0 radical (unpaired) electrons. The van der Waals surface area contributed by atoms with Crippen molar-refractivity contribution in [1.82, 2.24) is 14.5 Å². The highest BCUT2D eigenvalue weighted by molar-refractivity contribution is 7.17. The van der Waals surface area contributed by atoms with Gasteiger partial charge in [0.05, 0.1) is 17.9 Å². The van der Waals surface area contributed by atoms with Gasteiger partial charge < -0.3 is 10.0 Å². The Morgan fingerprint density at radius 3 is 3.14 bits per heavy atom. The van der Waals surface area contributed by atoms with E-state index in [-0.39, 0.29) is 11.7 Å². The normalized spacial score (nSPS) is 22.4. The van der Waals surface area contributed by atoms with Crippen LogP contribution < -0.4 is 5.56 Å². The summed E-state index contributed by atoms with van der Waals surface area (Å²) >= 11 is 1.45. The molecular weight excluding hydrogens is 286 g/mol. The lowest BCUT2D eigenvalue weighted by molar-refractivity contribution is 0.108. The standard InChI is InChI=1S/C15H21N3O2S/c1-17(9-11-3-2-4-13(11)19)6-7-18-10-16-12-5-8-21-14(12)15(18)20/h5,8,10-11,13,19H,2-4,6-7,9H2,1H3. The first kappa shape index (κ1) is 14.7. The largest absolute Gasteiger partial charge is 0.393 e. The molecule has 0 bridgehead atoms. The number of fused-ring (bicyclic) bond motifs is 1. The molecule has 2 aromatic rings. The van der Waals surface area contributed by atoms with Crippen molar-refractivity contribution in [2.75, 3.05) is 20.1 Å². The second kappa shape index (κ2) is 6.25. The first-order valence-corrected chi connectivity index (χ1v) is 8.32. The van der Waals surface area contributed by atoms with Gasteiger partial charge in [0.15, 0.2) is 0 Å². The molecule has 0 aromatic carbocycles. The van der Waals surface area contributed by atoms with Crippen LogP contribution in [0.2, 0.25) is 0 Å². The number of likely N-dealkylation sites (N-methyl/N-ethyl adjacent to an activating group) is 1. The molecule has 114 valence electrons. The molecule has 0 amide bonds. The van der Waals surface area contributed by atoms with Gasteiger partial charge in [0.2, 0.25) is 0 Å². The minimum atomic E-state index is -0.153. The van der Waals surface area contributed by atoms with Gasteiger partial charge in [0.25, 0.3) is 5.56 Å². The number of aliphatic hydroxyl groups is 1. The second-order valence-electron chi connectivity index (χ2n) is 5.90. The maximum absolute atomic E-state index is 12.3. The Kier molecular flexibility index (Phi) is 4.37. The van der Waals surface area contributed by atoms with Crippen molar-refractivity contribution in [2.45, 2.75) is 31.9 Å². The average Bonchev–Trinajstić information content (AvgIpc) is 3.08. The minimum Gasteiger partial charge on any atom is -0.393 e. The van der Waals surface area contributed by atoms with Gasteiger partial charge in [-0.05, 0) is 37.3 Å². The SMILES string of the molecule is CN(CCn1cnc2ccsc2c1=O)CC1CCCC1O. The van der Waals surface area contributed by atoms with Crippen molar-refractivity contribution in [2.24, 2.45) is 5.92 Å². The molecule has 5 nitrogen and oxygen atoms in total. The summed E-state index contributed by atoms with van der Waals surface area (Å²) in [4.78, 5) is 18.8. The van der Waals surface area contributed by atoms with Gasteiger partial charge in [0, 0.05) is 19.6 Å². The second-order valence-corrected chi connectivity index (χ2v) is 6.81. The highest BCUT2D eigenvalue weighted by Crippen LogP contribution is 2.25. The number of rotatable bonds is 5. The Morgan fingerprint density at radius 1 is 1.52 bits per heavy atom. The summed E-state index contributed by atoms with van der Waals surface area (Å²) in [6.07, 6.45) is 4.64. The summed E-state index contributed by atoms with van der Waals surface area (Å²) in [5.41, 5.74) is 0.827. The minimum absolute atomic E-state index is 0.0456. The number of nitrogens with zero attached hydrogens (tertiary/aromatic N) is 3. The maximum atomic E-state index is 12.3. The molecule has 2 atom stereocenters. The Balaban J connectivity index is 1.60. The molecule has 1 aliphatic rings. The molecule has 6 heteroatoms. The first-order chi connectivity index (χ1) is 10.1. The molecule has 1 saturated carbocycles. The lowest BCUT2D eigenvalue weighted by Crippen LogP contribution is -2.33. The van der Waals surface area contributed by atoms with Crippen LogP contribution in [-0.4, -0.2) is 45.8 Å². The third-order valence-corrected chi connectivity index (χ3v) is 5.22. The fourth-order valence-corrected chi connectivity index (χ4v) is 3.83. The lowest BCUT2D eigenvalue weighted by atomic mass is 10.1.